The second-order valence-electron chi connectivity index (χ2n) is 7.31. The predicted octanol–water partition coefficient (Wildman–Crippen LogP) is 3.47. The monoisotopic (exact) mass is 475 g/mol. The molecule has 0 radical (unpaired) electrons. The van der Waals surface area contributed by atoms with Crippen LogP contribution >= 0.6 is 11.6 Å². The summed E-state index contributed by atoms with van der Waals surface area (Å²) in [6, 6.07) is 7.91. The summed E-state index contributed by atoms with van der Waals surface area (Å²) in [6.45, 7) is 1.58. The van der Waals surface area contributed by atoms with Crippen molar-refractivity contribution in [2.45, 2.75) is 12.8 Å². The number of ether oxygens (including phenoxy) is 4. The first kappa shape index (κ1) is 24.7. The molecule has 2 aromatic rings. The van der Waals surface area contributed by atoms with Crippen LogP contribution in [0.3, 0.4) is 0 Å². The molecule has 0 saturated carbocycles. The number of nitrogens with one attached hydrogen (secondary N) is 1. The Morgan fingerprint density at radius 1 is 0.848 bits per heavy atom. The number of hydrogen-bond acceptors (Lipinski definition) is 7. The summed E-state index contributed by atoms with van der Waals surface area (Å²) in [5.74, 6) is -0.891. The maximum atomic E-state index is 13.6. The summed E-state index contributed by atoms with van der Waals surface area (Å²) in [6.07, 6.45) is 1.21. The molecule has 0 heterocycles. The minimum atomic E-state index is -0.441. The van der Waals surface area contributed by atoms with Crippen LogP contribution in [0.15, 0.2) is 30.3 Å². The normalized spacial score (nSPS) is 12.2. The van der Waals surface area contributed by atoms with Gasteiger partial charge in [-0.05, 0) is 12.1 Å². The number of ketones is 2. The molecular formula is C24H26ClNO7. The number of amides is 1. The Hall–Kier alpha value is -2.94. The summed E-state index contributed by atoms with van der Waals surface area (Å²) in [5.41, 5.74) is 1.05. The van der Waals surface area contributed by atoms with Gasteiger partial charge >= 0.3 is 0 Å². The van der Waals surface area contributed by atoms with Crippen molar-refractivity contribution in [3.05, 3.63) is 52.6 Å². The number of hydrogen-bond donors (Lipinski definition) is 1. The Labute approximate surface area is 197 Å². The van der Waals surface area contributed by atoms with Gasteiger partial charge in [-0.1, -0.05) is 12.1 Å². The van der Waals surface area contributed by atoms with Gasteiger partial charge in [0, 0.05) is 63.2 Å². The molecule has 1 amide bonds. The van der Waals surface area contributed by atoms with Crippen LogP contribution in [0, 0.1) is 0 Å². The summed E-state index contributed by atoms with van der Waals surface area (Å²) >= 11 is 5.60. The average molecular weight is 476 g/mol. The third-order valence-corrected chi connectivity index (χ3v) is 5.22. The fourth-order valence-electron chi connectivity index (χ4n) is 3.52. The summed E-state index contributed by atoms with van der Waals surface area (Å²) in [4.78, 5) is 38.8. The molecule has 2 aromatic carbocycles. The smallest absolute Gasteiger partial charge is 0.239 e. The van der Waals surface area contributed by atoms with E-state index in [0.29, 0.717) is 44.1 Å². The van der Waals surface area contributed by atoms with E-state index >= 15 is 0 Å². The highest BCUT2D eigenvalue weighted by atomic mass is 35.5. The van der Waals surface area contributed by atoms with Crippen LogP contribution in [0.1, 0.15) is 44.7 Å². The van der Waals surface area contributed by atoms with Crippen LogP contribution in [-0.4, -0.2) is 64.0 Å². The number of halogens is 1. The lowest BCUT2D eigenvalue weighted by molar-refractivity contribution is -0.113. The van der Waals surface area contributed by atoms with Crippen LogP contribution in [0.2, 0.25) is 0 Å². The number of rotatable bonds is 12. The number of carbonyl (C=O) groups is 3. The van der Waals surface area contributed by atoms with Crippen molar-refractivity contribution in [1.82, 2.24) is 0 Å². The number of anilines is 1. The average Bonchev–Trinajstić information content (AvgIpc) is 2.82. The van der Waals surface area contributed by atoms with Crippen LogP contribution < -0.4 is 14.8 Å². The number of alkyl halides is 1. The van der Waals surface area contributed by atoms with E-state index in [9.17, 15) is 14.4 Å². The molecule has 0 unspecified atom stereocenters. The van der Waals surface area contributed by atoms with Gasteiger partial charge in [-0.3, -0.25) is 14.4 Å². The predicted molar refractivity (Wildman–Crippen MR) is 123 cm³/mol. The van der Waals surface area contributed by atoms with Crippen LogP contribution in [0.4, 0.5) is 5.69 Å². The molecule has 0 aliphatic heterocycles. The first-order valence-corrected chi connectivity index (χ1v) is 11.0. The number of benzene rings is 2. The largest absolute Gasteiger partial charge is 0.493 e. The highest BCUT2D eigenvalue weighted by molar-refractivity contribution is 6.31. The molecule has 8 nitrogen and oxygen atoms in total. The van der Waals surface area contributed by atoms with Crippen molar-refractivity contribution in [2.75, 3.05) is 51.8 Å². The fraction of sp³-hybridized carbons (Fsp3) is 0.375. The Bertz CT molecular complexity index is 1040. The fourth-order valence-corrected chi connectivity index (χ4v) is 3.59. The lowest BCUT2D eigenvalue weighted by atomic mass is 9.82. The van der Waals surface area contributed by atoms with Crippen molar-refractivity contribution in [3.8, 4) is 11.5 Å². The molecule has 176 valence electrons. The summed E-state index contributed by atoms with van der Waals surface area (Å²) < 4.78 is 21.7. The first-order chi connectivity index (χ1) is 16.0. The SMILES string of the molecule is COCCCOc1cccc2c1C(=O)c1c(OCCCOC)cc(NC(=O)CCl)cc1C2=O. The highest BCUT2D eigenvalue weighted by Gasteiger charge is 2.35. The molecule has 0 spiro atoms. The molecule has 0 fully saturated rings. The lowest BCUT2D eigenvalue weighted by Crippen LogP contribution is -2.24. The van der Waals surface area contributed by atoms with Crippen molar-refractivity contribution in [2.24, 2.45) is 0 Å². The summed E-state index contributed by atoms with van der Waals surface area (Å²) in [5, 5.41) is 2.62. The van der Waals surface area contributed by atoms with Gasteiger partial charge in [0.2, 0.25) is 11.7 Å². The highest BCUT2D eigenvalue weighted by Crippen LogP contribution is 2.39. The van der Waals surface area contributed by atoms with Crippen molar-refractivity contribution >= 4 is 34.8 Å². The van der Waals surface area contributed by atoms with Crippen LogP contribution in [-0.2, 0) is 14.3 Å². The molecule has 1 aliphatic rings. The Morgan fingerprint density at radius 2 is 1.48 bits per heavy atom. The molecular weight excluding hydrogens is 450 g/mol. The van der Waals surface area contributed by atoms with E-state index in [0.717, 1.165) is 0 Å². The zero-order chi connectivity index (χ0) is 23.8. The number of fused-ring (bicyclic) bond motifs is 2. The standard InChI is InChI=1S/C24H26ClNO7/c1-30-8-4-10-32-18-7-3-6-16-21(18)24(29)22-17(23(16)28)12-15(26-20(27)14-25)13-19(22)33-11-5-9-31-2/h3,6-7,12-13H,4-5,8-11,14H2,1-2H3,(H,26,27). The summed E-state index contributed by atoms with van der Waals surface area (Å²) in [7, 11) is 3.18. The third kappa shape index (κ3) is 5.71. The van der Waals surface area contributed by atoms with Gasteiger partial charge in [0.05, 0.1) is 24.3 Å². The molecule has 0 saturated heterocycles. The minimum absolute atomic E-state index is 0.140. The maximum Gasteiger partial charge on any atom is 0.239 e. The molecule has 0 aromatic heterocycles. The molecule has 0 atom stereocenters. The molecule has 33 heavy (non-hydrogen) atoms. The van der Waals surface area contributed by atoms with Gasteiger partial charge in [0.25, 0.3) is 0 Å². The number of methoxy groups -OCH3 is 2. The molecule has 3 rings (SSSR count). The zero-order valence-electron chi connectivity index (χ0n) is 18.6. The first-order valence-electron chi connectivity index (χ1n) is 10.5. The lowest BCUT2D eigenvalue weighted by Gasteiger charge is -2.23. The second kappa shape index (κ2) is 11.8. The third-order valence-electron chi connectivity index (χ3n) is 4.98. The van der Waals surface area contributed by atoms with E-state index in [1.807, 2.05) is 0 Å². The van der Waals surface area contributed by atoms with Crippen molar-refractivity contribution in [3.63, 3.8) is 0 Å². The van der Waals surface area contributed by atoms with E-state index < -0.39 is 5.91 Å². The van der Waals surface area contributed by atoms with E-state index in [1.165, 1.54) is 12.1 Å². The maximum absolute atomic E-state index is 13.6. The van der Waals surface area contributed by atoms with Crippen molar-refractivity contribution in [1.29, 1.82) is 0 Å². The van der Waals surface area contributed by atoms with Crippen LogP contribution in [0.5, 0.6) is 11.5 Å². The molecule has 9 heteroatoms. The topological polar surface area (TPSA) is 100 Å². The van der Waals surface area contributed by atoms with E-state index in [-0.39, 0.29) is 52.1 Å². The molecule has 1 aliphatic carbocycles. The van der Waals surface area contributed by atoms with Gasteiger partial charge in [-0.25, -0.2) is 0 Å². The Balaban J connectivity index is 2.02. The molecule has 1 N–H and O–H groups in total. The van der Waals surface area contributed by atoms with Crippen molar-refractivity contribution < 1.29 is 33.3 Å². The Kier molecular flexibility index (Phi) is 8.82. The van der Waals surface area contributed by atoms with Gasteiger partial charge < -0.3 is 24.3 Å². The zero-order valence-corrected chi connectivity index (χ0v) is 19.3. The Morgan fingerprint density at radius 3 is 2.12 bits per heavy atom. The van der Waals surface area contributed by atoms with Crippen LogP contribution in [0.25, 0.3) is 0 Å². The minimum Gasteiger partial charge on any atom is -0.493 e. The second-order valence-corrected chi connectivity index (χ2v) is 7.57. The van der Waals surface area contributed by atoms with Gasteiger partial charge in [-0.2, -0.15) is 0 Å². The van der Waals surface area contributed by atoms with E-state index in [1.54, 1.807) is 32.4 Å². The molecule has 0 bridgehead atoms. The number of carbonyl (C=O) groups excluding carboxylic acids is 3. The quantitative estimate of drug-likeness (QED) is 0.316. The van der Waals surface area contributed by atoms with E-state index in [2.05, 4.69) is 5.32 Å². The van der Waals surface area contributed by atoms with Gasteiger partial charge in [-0.15, -0.1) is 11.6 Å². The van der Waals surface area contributed by atoms with Gasteiger partial charge in [0.15, 0.2) is 5.78 Å². The van der Waals surface area contributed by atoms with E-state index in [4.69, 9.17) is 30.5 Å². The van der Waals surface area contributed by atoms with Gasteiger partial charge in [0.1, 0.15) is 17.4 Å².